The van der Waals surface area contributed by atoms with Crippen molar-refractivity contribution < 1.29 is 18.7 Å². The summed E-state index contributed by atoms with van der Waals surface area (Å²) in [5.41, 5.74) is 3.21. The van der Waals surface area contributed by atoms with Gasteiger partial charge in [0.2, 0.25) is 5.76 Å². The molecule has 34 heavy (non-hydrogen) atoms. The standard InChI is InChI=1S/C27H20BrNO5/c1-3-15-4-11-19(12-5-15)29-23(16-6-8-17(9-7-16)27(32)33-2)22-24(30)20-14-18(28)10-13-21(20)34-25(22)26(29)31/h4-14,23H,3H2,1-2H3. The van der Waals surface area contributed by atoms with Crippen LogP contribution < -0.4 is 10.3 Å². The summed E-state index contributed by atoms with van der Waals surface area (Å²) in [5.74, 6) is -0.818. The first-order chi connectivity index (χ1) is 16.4. The maximum atomic E-state index is 13.7. The number of halogens is 1. The van der Waals surface area contributed by atoms with Crippen LogP contribution >= 0.6 is 15.9 Å². The van der Waals surface area contributed by atoms with E-state index in [1.807, 2.05) is 24.3 Å². The highest BCUT2D eigenvalue weighted by atomic mass is 79.9. The van der Waals surface area contributed by atoms with Crippen molar-refractivity contribution in [3.8, 4) is 0 Å². The van der Waals surface area contributed by atoms with E-state index in [1.54, 1.807) is 47.4 Å². The summed E-state index contributed by atoms with van der Waals surface area (Å²) in [4.78, 5) is 40.8. The van der Waals surface area contributed by atoms with Crippen LogP contribution in [-0.4, -0.2) is 19.0 Å². The number of aryl methyl sites for hydroxylation is 1. The number of anilines is 1. The molecule has 1 unspecified atom stereocenters. The second-order valence-corrected chi connectivity index (χ2v) is 8.94. The molecule has 0 fully saturated rings. The van der Waals surface area contributed by atoms with Crippen molar-refractivity contribution in [1.82, 2.24) is 0 Å². The Morgan fingerprint density at radius 1 is 1.03 bits per heavy atom. The molecule has 7 heteroatoms. The minimum absolute atomic E-state index is 0.0291. The molecule has 170 valence electrons. The van der Waals surface area contributed by atoms with Crippen LogP contribution in [0.15, 0.2) is 80.4 Å². The fraction of sp³-hybridized carbons (Fsp3) is 0.148. The number of carbonyl (C=O) groups excluding carboxylic acids is 2. The number of ether oxygens (including phenoxy) is 1. The van der Waals surface area contributed by atoms with Crippen molar-refractivity contribution in [2.24, 2.45) is 0 Å². The van der Waals surface area contributed by atoms with E-state index in [0.29, 0.717) is 27.8 Å². The maximum Gasteiger partial charge on any atom is 0.337 e. The summed E-state index contributed by atoms with van der Waals surface area (Å²) in [6, 6.07) is 18.8. The third-order valence-electron chi connectivity index (χ3n) is 6.10. The quantitative estimate of drug-likeness (QED) is 0.326. The van der Waals surface area contributed by atoms with E-state index in [9.17, 15) is 14.4 Å². The molecule has 0 saturated carbocycles. The van der Waals surface area contributed by atoms with Gasteiger partial charge in [0.15, 0.2) is 5.43 Å². The molecule has 0 bridgehead atoms. The minimum Gasteiger partial charge on any atom is -0.465 e. The van der Waals surface area contributed by atoms with Gasteiger partial charge >= 0.3 is 5.97 Å². The number of fused-ring (bicyclic) bond motifs is 2. The van der Waals surface area contributed by atoms with Crippen LogP contribution in [0.25, 0.3) is 11.0 Å². The number of esters is 1. The molecule has 1 aliphatic heterocycles. The van der Waals surface area contributed by atoms with Gasteiger partial charge in [0, 0.05) is 10.2 Å². The molecule has 1 atom stereocenters. The lowest BCUT2D eigenvalue weighted by Crippen LogP contribution is -2.29. The molecule has 1 aliphatic rings. The number of benzene rings is 3. The van der Waals surface area contributed by atoms with Crippen LogP contribution in [0, 0.1) is 0 Å². The van der Waals surface area contributed by atoms with Gasteiger partial charge in [-0.15, -0.1) is 0 Å². The van der Waals surface area contributed by atoms with Crippen molar-refractivity contribution in [2.45, 2.75) is 19.4 Å². The van der Waals surface area contributed by atoms with Crippen molar-refractivity contribution in [3.05, 3.63) is 109 Å². The van der Waals surface area contributed by atoms with Gasteiger partial charge < -0.3 is 9.15 Å². The molecule has 1 amide bonds. The Kier molecular flexibility index (Phi) is 5.57. The van der Waals surface area contributed by atoms with E-state index in [0.717, 1.165) is 16.5 Å². The number of nitrogens with zero attached hydrogens (tertiary/aromatic N) is 1. The van der Waals surface area contributed by atoms with Crippen LogP contribution in [-0.2, 0) is 11.2 Å². The fourth-order valence-electron chi connectivity index (χ4n) is 4.34. The Balaban J connectivity index is 1.74. The zero-order valence-corrected chi connectivity index (χ0v) is 20.1. The van der Waals surface area contributed by atoms with Crippen LogP contribution in [0.5, 0.6) is 0 Å². The van der Waals surface area contributed by atoms with Crippen molar-refractivity contribution in [3.63, 3.8) is 0 Å². The van der Waals surface area contributed by atoms with Crippen molar-refractivity contribution in [2.75, 3.05) is 12.0 Å². The van der Waals surface area contributed by atoms with Gasteiger partial charge in [-0.2, -0.15) is 0 Å². The van der Waals surface area contributed by atoms with E-state index >= 15 is 0 Å². The molecule has 3 aromatic carbocycles. The Bertz CT molecular complexity index is 1490. The molecule has 4 aromatic rings. The minimum atomic E-state index is -0.707. The predicted molar refractivity (Wildman–Crippen MR) is 132 cm³/mol. The highest BCUT2D eigenvalue weighted by Gasteiger charge is 2.43. The Morgan fingerprint density at radius 3 is 2.38 bits per heavy atom. The maximum absolute atomic E-state index is 13.7. The van der Waals surface area contributed by atoms with Gasteiger partial charge in [-0.05, 0) is 60.0 Å². The van der Waals surface area contributed by atoms with Gasteiger partial charge in [-0.25, -0.2) is 4.79 Å². The summed E-state index contributed by atoms with van der Waals surface area (Å²) in [5, 5.41) is 0.389. The van der Waals surface area contributed by atoms with Crippen molar-refractivity contribution in [1.29, 1.82) is 0 Å². The number of rotatable bonds is 4. The summed E-state index contributed by atoms with van der Waals surface area (Å²) >= 11 is 3.41. The molecule has 0 spiro atoms. The van der Waals surface area contributed by atoms with E-state index in [4.69, 9.17) is 9.15 Å². The lowest BCUT2D eigenvalue weighted by Gasteiger charge is -2.25. The first-order valence-corrected chi connectivity index (χ1v) is 11.6. The lowest BCUT2D eigenvalue weighted by atomic mass is 9.97. The van der Waals surface area contributed by atoms with Gasteiger partial charge in [-0.3, -0.25) is 14.5 Å². The highest BCUT2D eigenvalue weighted by molar-refractivity contribution is 9.10. The summed E-state index contributed by atoms with van der Waals surface area (Å²) < 4.78 is 11.5. The molecule has 0 aliphatic carbocycles. The Morgan fingerprint density at radius 2 is 1.74 bits per heavy atom. The molecule has 0 saturated heterocycles. The first kappa shape index (κ1) is 22.1. The van der Waals surface area contributed by atoms with Gasteiger partial charge in [0.25, 0.3) is 5.91 Å². The Labute approximate surface area is 203 Å². The van der Waals surface area contributed by atoms with E-state index in [2.05, 4.69) is 22.9 Å². The molecular formula is C27H20BrNO5. The van der Waals surface area contributed by atoms with Crippen LogP contribution in [0.4, 0.5) is 5.69 Å². The predicted octanol–water partition coefficient (Wildman–Crippen LogP) is 5.65. The van der Waals surface area contributed by atoms with Crippen molar-refractivity contribution >= 4 is 44.5 Å². The SMILES string of the molecule is CCc1ccc(N2C(=O)c3oc4ccc(Br)cc4c(=O)c3C2c2ccc(C(=O)OC)cc2)cc1. The van der Waals surface area contributed by atoms with Gasteiger partial charge in [0.1, 0.15) is 5.58 Å². The van der Waals surface area contributed by atoms with E-state index < -0.39 is 12.0 Å². The molecule has 1 aromatic heterocycles. The number of methoxy groups -OCH3 is 1. The Hall–Kier alpha value is -3.71. The topological polar surface area (TPSA) is 76.8 Å². The highest BCUT2D eigenvalue weighted by Crippen LogP contribution is 2.41. The summed E-state index contributed by atoms with van der Waals surface area (Å²) in [6.45, 7) is 2.06. The lowest BCUT2D eigenvalue weighted by molar-refractivity contribution is 0.0600. The van der Waals surface area contributed by atoms with E-state index in [-0.39, 0.29) is 22.7 Å². The first-order valence-electron chi connectivity index (χ1n) is 10.8. The number of carbonyl (C=O) groups is 2. The fourth-order valence-corrected chi connectivity index (χ4v) is 4.70. The van der Waals surface area contributed by atoms with Gasteiger partial charge in [-0.1, -0.05) is 47.1 Å². The smallest absolute Gasteiger partial charge is 0.337 e. The molecule has 5 rings (SSSR count). The third-order valence-corrected chi connectivity index (χ3v) is 6.60. The zero-order valence-electron chi connectivity index (χ0n) is 18.5. The number of hydrogen-bond donors (Lipinski definition) is 0. The van der Waals surface area contributed by atoms with Crippen LogP contribution in [0.2, 0.25) is 0 Å². The third kappa shape index (κ3) is 3.53. The zero-order chi connectivity index (χ0) is 24.0. The molecule has 6 nitrogen and oxygen atoms in total. The normalized spacial score (nSPS) is 15.0. The summed E-state index contributed by atoms with van der Waals surface area (Å²) in [7, 11) is 1.32. The average molecular weight is 518 g/mol. The second kappa shape index (κ2) is 8.57. The molecule has 2 heterocycles. The number of amides is 1. The average Bonchev–Trinajstić information content (AvgIpc) is 3.16. The second-order valence-electron chi connectivity index (χ2n) is 8.03. The molecular weight excluding hydrogens is 498 g/mol. The summed E-state index contributed by atoms with van der Waals surface area (Å²) in [6.07, 6.45) is 0.868. The van der Waals surface area contributed by atoms with E-state index in [1.165, 1.54) is 7.11 Å². The van der Waals surface area contributed by atoms with Gasteiger partial charge in [0.05, 0.1) is 29.7 Å². The monoisotopic (exact) mass is 517 g/mol. The molecule has 0 radical (unpaired) electrons. The molecule has 0 N–H and O–H groups in total. The van der Waals surface area contributed by atoms with Crippen LogP contribution in [0.1, 0.15) is 50.6 Å². The largest absolute Gasteiger partial charge is 0.465 e. The van der Waals surface area contributed by atoms with Crippen LogP contribution in [0.3, 0.4) is 0 Å². The number of hydrogen-bond acceptors (Lipinski definition) is 5.